The Balaban J connectivity index is 2.23. The highest BCUT2D eigenvalue weighted by atomic mass is 35.5. The fraction of sp³-hybridized carbons (Fsp3) is 0.188. The molecule has 0 heterocycles. The van der Waals surface area contributed by atoms with E-state index in [2.05, 4.69) is 5.32 Å². The summed E-state index contributed by atoms with van der Waals surface area (Å²) in [5, 5.41) is 2.70. The maximum Gasteiger partial charge on any atom is 0.245 e. The van der Waals surface area contributed by atoms with E-state index in [1.54, 1.807) is 0 Å². The van der Waals surface area contributed by atoms with Crippen molar-refractivity contribution < 1.29 is 26.7 Å². The number of nitrogens with one attached hydrogen (secondary N) is 1. The first kappa shape index (κ1) is 19.9. The third-order valence-corrected chi connectivity index (χ3v) is 4.72. The van der Waals surface area contributed by atoms with E-state index in [1.807, 2.05) is 0 Å². The number of anilines is 2. The van der Waals surface area contributed by atoms with Crippen molar-refractivity contribution in [2.45, 2.75) is 0 Å². The summed E-state index contributed by atoms with van der Waals surface area (Å²) < 4.78 is 56.4. The number of halogens is 3. The standard InChI is InChI=1S/C16H15ClF2N2O4S/c1-25-15-6-4-11(8-12(15)17)20-16(22)9-21(26(2,23)24)14-5-3-10(18)7-13(14)19/h3-8H,9H2,1-2H3,(H,20,22). The van der Waals surface area contributed by atoms with Crippen LogP contribution in [0.15, 0.2) is 36.4 Å². The third kappa shape index (κ3) is 4.83. The minimum atomic E-state index is -4.00. The second-order valence-corrected chi connectivity index (χ2v) is 7.58. The van der Waals surface area contributed by atoms with Crippen LogP contribution in [0.2, 0.25) is 5.02 Å². The number of methoxy groups -OCH3 is 1. The Hall–Kier alpha value is -2.39. The van der Waals surface area contributed by atoms with Crippen LogP contribution in [-0.4, -0.2) is 34.2 Å². The second kappa shape index (κ2) is 7.88. The van der Waals surface area contributed by atoms with E-state index in [4.69, 9.17) is 16.3 Å². The van der Waals surface area contributed by atoms with Gasteiger partial charge in [0.2, 0.25) is 15.9 Å². The molecule has 0 saturated carbocycles. The minimum Gasteiger partial charge on any atom is -0.495 e. The molecular formula is C16H15ClF2N2O4S. The summed E-state index contributed by atoms with van der Waals surface area (Å²) in [6.07, 6.45) is 0.813. The molecule has 2 aromatic carbocycles. The summed E-state index contributed by atoms with van der Waals surface area (Å²) in [6, 6.07) is 6.83. The summed E-state index contributed by atoms with van der Waals surface area (Å²) in [6.45, 7) is -0.703. The van der Waals surface area contributed by atoms with Crippen LogP contribution in [-0.2, 0) is 14.8 Å². The first-order valence-electron chi connectivity index (χ1n) is 7.18. The number of ether oxygens (including phenoxy) is 1. The molecule has 0 spiro atoms. The zero-order valence-electron chi connectivity index (χ0n) is 13.8. The maximum atomic E-state index is 13.9. The van der Waals surface area contributed by atoms with E-state index >= 15 is 0 Å². The molecule has 0 aliphatic carbocycles. The number of carbonyl (C=O) groups is 1. The fourth-order valence-corrected chi connectivity index (χ4v) is 3.25. The maximum absolute atomic E-state index is 13.9. The van der Waals surface area contributed by atoms with Gasteiger partial charge in [-0.2, -0.15) is 0 Å². The van der Waals surface area contributed by atoms with Gasteiger partial charge in [-0.3, -0.25) is 9.10 Å². The Morgan fingerprint density at radius 1 is 1.23 bits per heavy atom. The predicted molar refractivity (Wildman–Crippen MR) is 95.2 cm³/mol. The molecule has 2 aromatic rings. The van der Waals surface area contributed by atoms with E-state index in [0.29, 0.717) is 21.8 Å². The van der Waals surface area contributed by atoms with Crippen molar-refractivity contribution in [1.82, 2.24) is 0 Å². The topological polar surface area (TPSA) is 75.7 Å². The highest BCUT2D eigenvalue weighted by Gasteiger charge is 2.24. The van der Waals surface area contributed by atoms with Crippen LogP contribution in [0.5, 0.6) is 5.75 Å². The average molecular weight is 405 g/mol. The molecule has 1 amide bonds. The third-order valence-electron chi connectivity index (χ3n) is 3.30. The molecule has 0 bridgehead atoms. The van der Waals surface area contributed by atoms with Gasteiger partial charge in [-0.25, -0.2) is 17.2 Å². The monoisotopic (exact) mass is 404 g/mol. The van der Waals surface area contributed by atoms with E-state index in [1.165, 1.54) is 25.3 Å². The number of hydrogen-bond acceptors (Lipinski definition) is 4. The van der Waals surface area contributed by atoms with Crippen LogP contribution < -0.4 is 14.4 Å². The lowest BCUT2D eigenvalue weighted by Crippen LogP contribution is -2.38. The quantitative estimate of drug-likeness (QED) is 0.803. The molecule has 0 aromatic heterocycles. The summed E-state index contributed by atoms with van der Waals surface area (Å²) in [5.41, 5.74) is -0.134. The number of amides is 1. The molecular weight excluding hydrogens is 390 g/mol. The van der Waals surface area contributed by atoms with E-state index in [0.717, 1.165) is 18.4 Å². The Kier molecular flexibility index (Phi) is 6.04. The molecule has 6 nitrogen and oxygen atoms in total. The highest BCUT2D eigenvalue weighted by molar-refractivity contribution is 7.92. The molecule has 10 heteroatoms. The molecule has 0 radical (unpaired) electrons. The summed E-state index contributed by atoms with van der Waals surface area (Å²) in [4.78, 5) is 12.2. The lowest BCUT2D eigenvalue weighted by Gasteiger charge is -2.22. The van der Waals surface area contributed by atoms with E-state index < -0.39 is 39.8 Å². The fourth-order valence-electron chi connectivity index (χ4n) is 2.14. The number of hydrogen-bond donors (Lipinski definition) is 1. The van der Waals surface area contributed by atoms with Crippen molar-refractivity contribution in [3.05, 3.63) is 53.1 Å². The summed E-state index contributed by atoms with van der Waals surface area (Å²) in [5.74, 6) is -2.30. The number of benzene rings is 2. The Morgan fingerprint density at radius 2 is 1.92 bits per heavy atom. The van der Waals surface area contributed by atoms with Gasteiger partial charge in [0.1, 0.15) is 23.9 Å². The normalized spacial score (nSPS) is 11.1. The van der Waals surface area contributed by atoms with Gasteiger partial charge in [-0.15, -0.1) is 0 Å². The van der Waals surface area contributed by atoms with Crippen molar-refractivity contribution in [3.8, 4) is 5.75 Å². The van der Waals surface area contributed by atoms with Crippen molar-refractivity contribution in [1.29, 1.82) is 0 Å². The summed E-state index contributed by atoms with van der Waals surface area (Å²) in [7, 11) is -2.56. The number of rotatable bonds is 6. The lowest BCUT2D eigenvalue weighted by molar-refractivity contribution is -0.114. The van der Waals surface area contributed by atoms with Crippen molar-refractivity contribution >= 4 is 38.9 Å². The average Bonchev–Trinajstić information content (AvgIpc) is 2.52. The number of nitrogens with zero attached hydrogens (tertiary/aromatic N) is 1. The molecule has 0 aliphatic heterocycles. The van der Waals surface area contributed by atoms with Gasteiger partial charge in [0.25, 0.3) is 0 Å². The summed E-state index contributed by atoms with van der Waals surface area (Å²) >= 11 is 5.96. The molecule has 2 rings (SSSR count). The van der Waals surface area contributed by atoms with Crippen LogP contribution in [0.3, 0.4) is 0 Å². The van der Waals surface area contributed by atoms with Crippen molar-refractivity contribution in [3.63, 3.8) is 0 Å². The molecule has 0 aliphatic rings. The van der Waals surface area contributed by atoms with Gasteiger partial charge >= 0.3 is 0 Å². The van der Waals surface area contributed by atoms with Crippen LogP contribution >= 0.6 is 11.6 Å². The molecule has 140 valence electrons. The lowest BCUT2D eigenvalue weighted by atomic mass is 10.3. The van der Waals surface area contributed by atoms with E-state index in [9.17, 15) is 22.0 Å². The first-order chi connectivity index (χ1) is 12.1. The van der Waals surface area contributed by atoms with Crippen LogP contribution in [0, 0.1) is 11.6 Å². The molecule has 0 saturated heterocycles. The number of sulfonamides is 1. The highest BCUT2D eigenvalue weighted by Crippen LogP contribution is 2.27. The Labute approximate surface area is 154 Å². The predicted octanol–water partition coefficient (Wildman–Crippen LogP) is 3.03. The molecule has 0 unspecified atom stereocenters. The largest absolute Gasteiger partial charge is 0.495 e. The first-order valence-corrected chi connectivity index (χ1v) is 9.40. The van der Waals surface area contributed by atoms with E-state index in [-0.39, 0.29) is 5.02 Å². The molecule has 1 N–H and O–H groups in total. The second-order valence-electron chi connectivity index (χ2n) is 5.26. The molecule has 0 atom stereocenters. The van der Waals surface area contributed by atoms with Gasteiger partial charge in [0.15, 0.2) is 0 Å². The Morgan fingerprint density at radius 3 is 2.46 bits per heavy atom. The van der Waals surface area contributed by atoms with Crippen LogP contribution in [0.4, 0.5) is 20.2 Å². The van der Waals surface area contributed by atoms with Gasteiger partial charge < -0.3 is 10.1 Å². The molecule has 26 heavy (non-hydrogen) atoms. The van der Waals surface area contributed by atoms with Gasteiger partial charge in [-0.1, -0.05) is 11.6 Å². The Bertz CT molecular complexity index is 938. The van der Waals surface area contributed by atoms with Crippen LogP contribution in [0.25, 0.3) is 0 Å². The smallest absolute Gasteiger partial charge is 0.245 e. The van der Waals surface area contributed by atoms with Crippen molar-refractivity contribution in [2.24, 2.45) is 0 Å². The van der Waals surface area contributed by atoms with Crippen molar-refractivity contribution in [2.75, 3.05) is 29.5 Å². The van der Waals surface area contributed by atoms with Gasteiger partial charge in [-0.05, 0) is 30.3 Å². The van der Waals surface area contributed by atoms with Gasteiger partial charge in [0, 0.05) is 11.8 Å². The van der Waals surface area contributed by atoms with Gasteiger partial charge in [0.05, 0.1) is 24.1 Å². The van der Waals surface area contributed by atoms with Crippen LogP contribution in [0.1, 0.15) is 0 Å². The SMILES string of the molecule is COc1ccc(NC(=O)CN(c2ccc(F)cc2F)S(C)(=O)=O)cc1Cl. The molecule has 0 fully saturated rings. The zero-order chi connectivity index (χ0) is 19.5. The number of carbonyl (C=O) groups excluding carboxylic acids is 1. The zero-order valence-corrected chi connectivity index (χ0v) is 15.4. The minimum absolute atomic E-state index is 0.245.